The van der Waals surface area contributed by atoms with Gasteiger partial charge >= 0.3 is 0 Å². The summed E-state index contributed by atoms with van der Waals surface area (Å²) in [7, 11) is 0. The zero-order chi connectivity index (χ0) is 17.0. The van der Waals surface area contributed by atoms with Crippen LogP contribution in [0.25, 0.3) is 0 Å². The molecule has 0 radical (unpaired) electrons. The van der Waals surface area contributed by atoms with Crippen molar-refractivity contribution >= 4 is 23.1 Å². The van der Waals surface area contributed by atoms with Crippen LogP contribution in [0.5, 0.6) is 0 Å². The van der Waals surface area contributed by atoms with Crippen LogP contribution in [0.3, 0.4) is 0 Å². The summed E-state index contributed by atoms with van der Waals surface area (Å²) in [5, 5.41) is 0. The molecule has 0 N–H and O–H groups in total. The fourth-order valence-electron chi connectivity index (χ4n) is 3.63. The van der Waals surface area contributed by atoms with E-state index < -0.39 is 23.7 Å². The smallest absolute Gasteiger partial charge is 0.139 e. The zero-order valence-electron chi connectivity index (χ0n) is 14.3. The second-order valence-corrected chi connectivity index (χ2v) is 6.89. The second kappa shape index (κ2) is 7.80. The minimum atomic E-state index is -0.422. The number of ketones is 4. The van der Waals surface area contributed by atoms with Crippen molar-refractivity contribution in [3.63, 3.8) is 0 Å². The van der Waals surface area contributed by atoms with E-state index >= 15 is 0 Å². The predicted octanol–water partition coefficient (Wildman–Crippen LogP) is 3.02. The van der Waals surface area contributed by atoms with Crippen LogP contribution < -0.4 is 0 Å². The van der Waals surface area contributed by atoms with Crippen molar-refractivity contribution in [2.24, 2.45) is 29.6 Å². The summed E-state index contributed by atoms with van der Waals surface area (Å²) in [6.07, 6.45) is 1.86. The average Bonchev–Trinajstić information content (AvgIpc) is 2.44. The fraction of sp³-hybridized carbons (Fsp3) is 0.778. The van der Waals surface area contributed by atoms with Crippen LogP contribution in [0, 0.1) is 29.6 Å². The third kappa shape index (κ3) is 4.11. The fourth-order valence-corrected chi connectivity index (χ4v) is 3.63. The zero-order valence-corrected chi connectivity index (χ0v) is 14.3. The lowest BCUT2D eigenvalue weighted by atomic mass is 9.62. The van der Waals surface area contributed by atoms with E-state index in [-0.39, 0.29) is 29.1 Å². The number of carbonyl (C=O) groups excluding carboxylic acids is 4. The normalized spacial score (nSPS) is 28.5. The van der Waals surface area contributed by atoms with Gasteiger partial charge in [0, 0.05) is 36.0 Å². The number of hydrogen-bond acceptors (Lipinski definition) is 4. The first-order valence-corrected chi connectivity index (χ1v) is 8.27. The Morgan fingerprint density at radius 3 is 1.73 bits per heavy atom. The first kappa shape index (κ1) is 18.7. The molecule has 1 fully saturated rings. The molecule has 0 bridgehead atoms. The molecule has 1 aliphatic rings. The Morgan fingerprint density at radius 2 is 1.32 bits per heavy atom. The van der Waals surface area contributed by atoms with E-state index in [1.54, 1.807) is 0 Å². The Bertz CT molecular complexity index is 464. The van der Waals surface area contributed by atoms with Crippen molar-refractivity contribution in [2.75, 3.05) is 0 Å². The Hall–Kier alpha value is -1.32. The third-order valence-corrected chi connectivity index (χ3v) is 4.88. The van der Waals surface area contributed by atoms with Crippen LogP contribution >= 0.6 is 0 Å². The van der Waals surface area contributed by atoms with Gasteiger partial charge < -0.3 is 0 Å². The van der Waals surface area contributed by atoms with Gasteiger partial charge in [-0.1, -0.05) is 20.8 Å². The van der Waals surface area contributed by atoms with Crippen molar-refractivity contribution in [3.05, 3.63) is 0 Å². The molecule has 4 atom stereocenters. The Morgan fingerprint density at radius 1 is 0.864 bits per heavy atom. The Balaban J connectivity index is 3.12. The van der Waals surface area contributed by atoms with Gasteiger partial charge in [0.05, 0.1) is 0 Å². The van der Waals surface area contributed by atoms with E-state index in [1.165, 1.54) is 13.8 Å². The lowest BCUT2D eigenvalue weighted by Crippen LogP contribution is -2.44. The molecule has 0 aromatic heterocycles. The van der Waals surface area contributed by atoms with Crippen molar-refractivity contribution < 1.29 is 19.2 Å². The highest BCUT2D eigenvalue weighted by Gasteiger charge is 2.46. The van der Waals surface area contributed by atoms with E-state index in [4.69, 9.17) is 0 Å². The van der Waals surface area contributed by atoms with Gasteiger partial charge in [-0.3, -0.25) is 19.2 Å². The van der Waals surface area contributed by atoms with E-state index in [2.05, 4.69) is 0 Å². The van der Waals surface area contributed by atoms with Gasteiger partial charge in [-0.15, -0.1) is 0 Å². The van der Waals surface area contributed by atoms with Gasteiger partial charge in [0.25, 0.3) is 0 Å². The maximum Gasteiger partial charge on any atom is 0.139 e. The monoisotopic (exact) mass is 308 g/mol. The Kier molecular flexibility index (Phi) is 6.64. The van der Waals surface area contributed by atoms with Crippen molar-refractivity contribution in [1.29, 1.82) is 0 Å². The molecule has 1 aliphatic carbocycles. The van der Waals surface area contributed by atoms with Crippen LogP contribution in [0.1, 0.15) is 60.3 Å². The SMILES string of the molecule is CCCC(=O)C1CC(C(=O)C(C)C)C(C(C)=O)CC1C(C)=O. The number of hydrogen-bond donors (Lipinski definition) is 0. The van der Waals surface area contributed by atoms with Gasteiger partial charge in [-0.25, -0.2) is 0 Å². The number of Topliss-reactive ketones (excluding diaryl/α,β-unsaturated/α-hetero) is 4. The standard InChI is InChI=1S/C18H28O4/c1-6-7-17(21)15-9-16(18(22)10(2)3)14(12(5)20)8-13(15)11(4)19/h10,13-16H,6-9H2,1-5H3. The predicted molar refractivity (Wildman–Crippen MR) is 84.3 cm³/mol. The van der Waals surface area contributed by atoms with Crippen LogP contribution in [-0.2, 0) is 19.2 Å². The maximum absolute atomic E-state index is 12.5. The summed E-state index contributed by atoms with van der Waals surface area (Å²) in [6.45, 7) is 8.53. The van der Waals surface area contributed by atoms with Crippen molar-refractivity contribution in [3.8, 4) is 0 Å². The molecule has 0 aromatic carbocycles. The summed E-state index contributed by atoms with van der Waals surface area (Å²) in [5.74, 6) is -1.81. The first-order valence-electron chi connectivity index (χ1n) is 8.27. The first-order chi connectivity index (χ1) is 10.2. The van der Waals surface area contributed by atoms with Crippen LogP contribution in [0.15, 0.2) is 0 Å². The summed E-state index contributed by atoms with van der Waals surface area (Å²) in [5.41, 5.74) is 0. The third-order valence-electron chi connectivity index (χ3n) is 4.88. The molecule has 22 heavy (non-hydrogen) atoms. The molecule has 0 aromatic rings. The molecule has 1 rings (SSSR count). The number of rotatable bonds is 7. The number of carbonyl (C=O) groups is 4. The molecule has 124 valence electrons. The van der Waals surface area contributed by atoms with Crippen molar-refractivity contribution in [1.82, 2.24) is 0 Å². The molecular weight excluding hydrogens is 280 g/mol. The highest BCUT2D eigenvalue weighted by atomic mass is 16.1. The Labute approximate surface area is 133 Å². The van der Waals surface area contributed by atoms with Gasteiger partial charge in [-0.05, 0) is 33.1 Å². The lowest BCUT2D eigenvalue weighted by Gasteiger charge is -2.39. The molecular formula is C18H28O4. The summed E-state index contributed by atoms with van der Waals surface area (Å²) in [6, 6.07) is 0. The van der Waals surface area contributed by atoms with Crippen LogP contribution in [-0.4, -0.2) is 23.1 Å². The molecule has 0 aliphatic heterocycles. The average molecular weight is 308 g/mol. The molecule has 4 nitrogen and oxygen atoms in total. The highest BCUT2D eigenvalue weighted by Crippen LogP contribution is 2.41. The topological polar surface area (TPSA) is 68.3 Å². The summed E-state index contributed by atoms with van der Waals surface area (Å²) < 4.78 is 0. The summed E-state index contributed by atoms with van der Waals surface area (Å²) >= 11 is 0. The van der Waals surface area contributed by atoms with Gasteiger partial charge in [0.15, 0.2) is 0 Å². The molecule has 0 spiro atoms. The summed E-state index contributed by atoms with van der Waals surface area (Å²) in [4.78, 5) is 48.8. The van der Waals surface area contributed by atoms with E-state index in [0.717, 1.165) is 6.42 Å². The molecule has 0 heterocycles. The highest BCUT2D eigenvalue weighted by molar-refractivity contribution is 5.94. The minimum absolute atomic E-state index is 0.0384. The lowest BCUT2D eigenvalue weighted by molar-refractivity contribution is -0.144. The van der Waals surface area contributed by atoms with Crippen molar-refractivity contribution in [2.45, 2.75) is 60.3 Å². The van der Waals surface area contributed by atoms with Gasteiger partial charge in [0.2, 0.25) is 0 Å². The van der Waals surface area contributed by atoms with Crippen LogP contribution in [0.2, 0.25) is 0 Å². The second-order valence-electron chi connectivity index (χ2n) is 6.89. The largest absolute Gasteiger partial charge is 0.300 e. The molecule has 0 saturated heterocycles. The molecule has 0 amide bonds. The van der Waals surface area contributed by atoms with Gasteiger partial charge in [0.1, 0.15) is 23.1 Å². The molecule has 4 unspecified atom stereocenters. The molecule has 4 heteroatoms. The van der Waals surface area contributed by atoms with Crippen LogP contribution in [0.4, 0.5) is 0 Å². The quantitative estimate of drug-likeness (QED) is 0.725. The van der Waals surface area contributed by atoms with E-state index in [0.29, 0.717) is 19.3 Å². The van der Waals surface area contributed by atoms with Gasteiger partial charge in [-0.2, -0.15) is 0 Å². The van der Waals surface area contributed by atoms with E-state index in [1.807, 2.05) is 20.8 Å². The van der Waals surface area contributed by atoms with E-state index in [9.17, 15) is 19.2 Å². The molecule has 1 saturated carbocycles. The minimum Gasteiger partial charge on any atom is -0.300 e. The maximum atomic E-state index is 12.5.